The van der Waals surface area contributed by atoms with Gasteiger partial charge in [0.1, 0.15) is 0 Å². The van der Waals surface area contributed by atoms with E-state index in [1.807, 2.05) is 11.4 Å². The zero-order valence-electron chi connectivity index (χ0n) is 9.24. The number of carbonyl (C=O) groups is 1. The van der Waals surface area contributed by atoms with E-state index in [2.05, 4.69) is 0 Å². The van der Waals surface area contributed by atoms with Gasteiger partial charge in [-0.2, -0.15) is 0 Å². The molecule has 0 atom stereocenters. The molecule has 1 heterocycles. The molecule has 2 rings (SSSR count). The van der Waals surface area contributed by atoms with Crippen molar-refractivity contribution in [3.05, 3.63) is 56.3 Å². The summed E-state index contributed by atoms with van der Waals surface area (Å²) in [5.41, 5.74) is 1.08. The molecule has 0 radical (unpaired) electrons. The second-order valence-corrected chi connectivity index (χ2v) is 5.44. The van der Waals surface area contributed by atoms with Gasteiger partial charge >= 0.3 is 0 Å². The average molecular weight is 279 g/mol. The average Bonchev–Trinajstić information content (AvgIpc) is 2.84. The second kappa shape index (κ2) is 5.79. The number of hydrogen-bond donors (Lipinski definition) is 0. The van der Waals surface area contributed by atoms with Crippen molar-refractivity contribution in [1.82, 2.24) is 0 Å². The monoisotopic (exact) mass is 279 g/mol. The summed E-state index contributed by atoms with van der Waals surface area (Å²) in [6, 6.07) is 8.36. The molecule has 0 bridgehead atoms. The lowest BCUT2D eigenvalue weighted by Gasteiger charge is -2.00. The van der Waals surface area contributed by atoms with Crippen LogP contribution in [0.2, 0.25) is 0 Å². The molecule has 0 amide bonds. The van der Waals surface area contributed by atoms with Crippen molar-refractivity contribution in [2.45, 2.75) is 10.6 Å². The Kier molecular flexibility index (Phi) is 4.11. The maximum absolute atomic E-state index is 10.7. The summed E-state index contributed by atoms with van der Waals surface area (Å²) >= 11 is 2.97. The number of benzene rings is 1. The van der Waals surface area contributed by atoms with Gasteiger partial charge in [-0.25, -0.2) is 0 Å². The molecule has 0 saturated carbocycles. The van der Waals surface area contributed by atoms with Crippen LogP contribution in [0, 0.1) is 10.1 Å². The molecule has 0 unspecified atom stereocenters. The molecule has 92 valence electrons. The summed E-state index contributed by atoms with van der Waals surface area (Å²) in [5.74, 6) is 0.690. The molecule has 0 saturated heterocycles. The fourth-order valence-electron chi connectivity index (χ4n) is 1.39. The molecule has 0 aliphatic heterocycles. The van der Waals surface area contributed by atoms with Crippen molar-refractivity contribution in [1.29, 1.82) is 0 Å². The lowest BCUT2D eigenvalue weighted by atomic mass is 10.2. The fourth-order valence-corrected chi connectivity index (χ4v) is 3.26. The minimum absolute atomic E-state index is 0.0906. The molecule has 1 aromatic carbocycles. The Morgan fingerprint density at radius 3 is 2.61 bits per heavy atom. The highest BCUT2D eigenvalue weighted by atomic mass is 32.2. The molecule has 0 aliphatic rings. The van der Waals surface area contributed by atoms with E-state index in [0.29, 0.717) is 5.75 Å². The van der Waals surface area contributed by atoms with Gasteiger partial charge in [0.25, 0.3) is 5.69 Å². The van der Waals surface area contributed by atoms with Crippen LogP contribution in [-0.2, 0) is 5.75 Å². The van der Waals surface area contributed by atoms with Gasteiger partial charge in [-0.15, -0.1) is 23.1 Å². The van der Waals surface area contributed by atoms with Crippen LogP contribution in [0.25, 0.3) is 0 Å². The quantitative estimate of drug-likeness (QED) is 0.362. The first-order valence-electron chi connectivity index (χ1n) is 5.09. The molecule has 0 spiro atoms. The normalized spacial score (nSPS) is 10.2. The Balaban J connectivity index is 2.02. The van der Waals surface area contributed by atoms with Crippen LogP contribution >= 0.6 is 23.1 Å². The van der Waals surface area contributed by atoms with Crippen LogP contribution in [0.3, 0.4) is 0 Å². The number of thiophene rings is 1. The van der Waals surface area contributed by atoms with Crippen molar-refractivity contribution >= 4 is 35.1 Å². The van der Waals surface area contributed by atoms with Crippen LogP contribution in [0.15, 0.2) is 40.6 Å². The number of rotatable bonds is 5. The zero-order valence-corrected chi connectivity index (χ0v) is 10.9. The van der Waals surface area contributed by atoms with E-state index in [1.54, 1.807) is 23.9 Å². The first-order valence-corrected chi connectivity index (χ1v) is 6.96. The molecule has 2 aromatic rings. The fraction of sp³-hybridized carbons (Fsp3) is 0.0833. The van der Waals surface area contributed by atoms with Crippen molar-refractivity contribution in [2.75, 3.05) is 0 Å². The number of nitro benzene ring substituents is 1. The molecule has 0 fully saturated rings. The van der Waals surface area contributed by atoms with E-state index in [4.69, 9.17) is 0 Å². The van der Waals surface area contributed by atoms with Crippen molar-refractivity contribution in [3.63, 3.8) is 0 Å². The molecular formula is C12H9NO3S2. The summed E-state index contributed by atoms with van der Waals surface area (Å²) in [6.45, 7) is 0. The summed E-state index contributed by atoms with van der Waals surface area (Å²) in [5, 5.41) is 12.4. The molecule has 0 aliphatic carbocycles. The smallest absolute Gasteiger partial charge is 0.269 e. The minimum Gasteiger partial charge on any atom is -0.297 e. The zero-order chi connectivity index (χ0) is 13.0. The van der Waals surface area contributed by atoms with E-state index in [1.165, 1.54) is 23.5 Å². The Labute approximate surface area is 112 Å². The van der Waals surface area contributed by atoms with E-state index >= 15 is 0 Å². The minimum atomic E-state index is -0.416. The molecule has 4 nitrogen and oxygen atoms in total. The summed E-state index contributed by atoms with van der Waals surface area (Å²) in [4.78, 5) is 22.5. The topological polar surface area (TPSA) is 60.2 Å². The van der Waals surface area contributed by atoms with Crippen LogP contribution in [0.1, 0.15) is 15.2 Å². The highest BCUT2D eigenvalue weighted by Crippen LogP contribution is 2.29. The summed E-state index contributed by atoms with van der Waals surface area (Å²) in [7, 11) is 0. The number of thioether (sulfide) groups is 1. The van der Waals surface area contributed by atoms with Gasteiger partial charge in [-0.05, 0) is 17.0 Å². The van der Waals surface area contributed by atoms with Crippen LogP contribution < -0.4 is 0 Å². The molecule has 18 heavy (non-hydrogen) atoms. The van der Waals surface area contributed by atoms with Gasteiger partial charge in [0.2, 0.25) is 0 Å². The highest BCUT2D eigenvalue weighted by Gasteiger charge is 2.06. The van der Waals surface area contributed by atoms with Crippen LogP contribution in [-0.4, -0.2) is 11.2 Å². The predicted molar refractivity (Wildman–Crippen MR) is 72.4 cm³/mol. The predicted octanol–water partition coefficient (Wildman–Crippen LogP) is 3.76. The lowest BCUT2D eigenvalue weighted by molar-refractivity contribution is -0.384. The molecule has 1 aromatic heterocycles. The summed E-state index contributed by atoms with van der Waals surface area (Å²) in [6.07, 6.45) is 0.850. The highest BCUT2D eigenvalue weighted by molar-refractivity contribution is 7.98. The van der Waals surface area contributed by atoms with Gasteiger partial charge in [-0.3, -0.25) is 14.9 Å². The van der Waals surface area contributed by atoms with Gasteiger partial charge in [0, 0.05) is 22.8 Å². The van der Waals surface area contributed by atoms with Gasteiger partial charge < -0.3 is 0 Å². The Morgan fingerprint density at radius 1 is 1.28 bits per heavy atom. The summed E-state index contributed by atoms with van der Waals surface area (Å²) < 4.78 is 0. The molecular weight excluding hydrogens is 270 g/mol. The van der Waals surface area contributed by atoms with E-state index in [9.17, 15) is 14.9 Å². The van der Waals surface area contributed by atoms with E-state index in [0.717, 1.165) is 21.6 Å². The number of non-ortho nitro benzene ring substituents is 1. The number of nitro groups is 1. The largest absolute Gasteiger partial charge is 0.297 e. The van der Waals surface area contributed by atoms with Crippen molar-refractivity contribution < 1.29 is 9.72 Å². The second-order valence-electron chi connectivity index (χ2n) is 3.48. The Bertz CT molecular complexity index is 563. The van der Waals surface area contributed by atoms with Gasteiger partial charge in [0.15, 0.2) is 6.29 Å². The third-order valence-electron chi connectivity index (χ3n) is 2.31. The van der Waals surface area contributed by atoms with Crippen molar-refractivity contribution in [3.8, 4) is 0 Å². The maximum atomic E-state index is 10.7. The number of nitrogens with zero attached hydrogens (tertiary/aromatic N) is 1. The number of aldehydes is 1. The SMILES string of the molecule is O=Cc1sccc1SCc1ccc([N+](=O)[O-])cc1. The van der Waals surface area contributed by atoms with Crippen LogP contribution in [0.5, 0.6) is 0 Å². The standard InChI is InChI=1S/C12H9NO3S2/c14-7-12-11(5-6-17-12)18-8-9-1-3-10(4-2-9)13(15)16/h1-7H,8H2. The number of hydrogen-bond acceptors (Lipinski definition) is 5. The van der Waals surface area contributed by atoms with E-state index in [-0.39, 0.29) is 5.69 Å². The number of carbonyl (C=O) groups excluding carboxylic acids is 1. The van der Waals surface area contributed by atoms with Crippen molar-refractivity contribution in [2.24, 2.45) is 0 Å². The Morgan fingerprint density at radius 2 is 2.00 bits per heavy atom. The van der Waals surface area contributed by atoms with Gasteiger partial charge in [0.05, 0.1) is 9.80 Å². The molecule has 6 heteroatoms. The lowest BCUT2D eigenvalue weighted by Crippen LogP contribution is -1.88. The van der Waals surface area contributed by atoms with E-state index < -0.39 is 4.92 Å². The first kappa shape index (κ1) is 12.8. The molecule has 0 N–H and O–H groups in total. The van der Waals surface area contributed by atoms with Crippen LogP contribution in [0.4, 0.5) is 5.69 Å². The Hall–Kier alpha value is -1.66. The third kappa shape index (κ3) is 2.96. The van der Waals surface area contributed by atoms with Gasteiger partial charge in [-0.1, -0.05) is 12.1 Å². The maximum Gasteiger partial charge on any atom is 0.269 e. The third-order valence-corrected chi connectivity index (χ3v) is 4.42. The first-order chi connectivity index (χ1) is 8.70.